The third-order valence-electron chi connectivity index (χ3n) is 5.58. The Balaban J connectivity index is 1.68. The maximum atomic E-state index is 11.2. The third-order valence-corrected chi connectivity index (χ3v) is 5.58. The van der Waals surface area contributed by atoms with Gasteiger partial charge in [0, 0.05) is 48.0 Å². The van der Waals surface area contributed by atoms with Crippen LogP contribution >= 0.6 is 0 Å². The van der Waals surface area contributed by atoms with Crippen LogP contribution in [-0.4, -0.2) is 30.8 Å². The number of aryl methyl sites for hydroxylation is 2. The first-order valence-corrected chi connectivity index (χ1v) is 10.2. The summed E-state index contributed by atoms with van der Waals surface area (Å²) in [4.78, 5) is 20.1. The summed E-state index contributed by atoms with van der Waals surface area (Å²) in [5.41, 5.74) is 7.74. The molecule has 0 fully saturated rings. The van der Waals surface area contributed by atoms with E-state index in [0.29, 0.717) is 6.54 Å². The lowest BCUT2D eigenvalue weighted by atomic mass is 10.0. The summed E-state index contributed by atoms with van der Waals surface area (Å²) in [6.45, 7) is 4.46. The summed E-state index contributed by atoms with van der Waals surface area (Å²) < 4.78 is 7.51. The molecule has 0 aliphatic rings. The molecule has 0 amide bonds. The lowest BCUT2D eigenvalue weighted by molar-refractivity contribution is 0.0697. The molecule has 0 unspecified atom stereocenters. The van der Waals surface area contributed by atoms with E-state index in [1.165, 1.54) is 0 Å². The molecule has 0 spiro atoms. The third kappa shape index (κ3) is 3.43. The van der Waals surface area contributed by atoms with Crippen LogP contribution in [0, 0.1) is 13.8 Å². The molecule has 0 bridgehead atoms. The maximum Gasteiger partial charge on any atom is 0.335 e. The number of rotatable bonds is 5. The molecule has 0 radical (unpaired) electrons. The smallest absolute Gasteiger partial charge is 0.335 e. The molecule has 0 aliphatic heterocycles. The predicted molar refractivity (Wildman–Crippen MR) is 120 cm³/mol. The first-order valence-electron chi connectivity index (χ1n) is 10.2. The molecule has 158 valence electrons. The van der Waals surface area contributed by atoms with Gasteiger partial charge in [0.1, 0.15) is 5.76 Å². The SMILES string of the molecule is Cc1noc(C)c1-c1cnc2c(-c3ccc(C(=O)O)cc3)cn(Cc3ccncc3)c2c1. The Morgan fingerprint density at radius 2 is 1.81 bits per heavy atom. The molecule has 4 aromatic heterocycles. The number of carbonyl (C=O) groups is 1. The zero-order chi connectivity index (χ0) is 22.2. The van der Waals surface area contributed by atoms with Crippen LogP contribution in [0.3, 0.4) is 0 Å². The number of hydrogen-bond donors (Lipinski definition) is 1. The van der Waals surface area contributed by atoms with Crippen molar-refractivity contribution >= 4 is 17.0 Å². The van der Waals surface area contributed by atoms with Gasteiger partial charge in [0.05, 0.1) is 22.3 Å². The average molecular weight is 424 g/mol. The zero-order valence-electron chi connectivity index (χ0n) is 17.6. The summed E-state index contributed by atoms with van der Waals surface area (Å²) in [6, 6.07) is 12.9. The molecule has 7 heteroatoms. The summed E-state index contributed by atoms with van der Waals surface area (Å²) >= 11 is 0. The number of carboxylic acids is 1. The van der Waals surface area contributed by atoms with E-state index in [2.05, 4.69) is 27.0 Å². The van der Waals surface area contributed by atoms with Crippen LogP contribution in [-0.2, 0) is 6.54 Å². The fraction of sp³-hybridized carbons (Fsp3) is 0.120. The van der Waals surface area contributed by atoms with Crippen LogP contribution in [0.4, 0.5) is 0 Å². The Bertz CT molecular complexity index is 1410. The highest BCUT2D eigenvalue weighted by atomic mass is 16.5. The Kier molecular flexibility index (Phi) is 4.78. The first-order chi connectivity index (χ1) is 15.5. The van der Waals surface area contributed by atoms with Crippen molar-refractivity contribution in [3.63, 3.8) is 0 Å². The monoisotopic (exact) mass is 424 g/mol. The Hall–Kier alpha value is -4.26. The molecule has 1 aromatic carbocycles. The predicted octanol–water partition coefficient (Wildman–Crippen LogP) is 5.12. The highest BCUT2D eigenvalue weighted by Crippen LogP contribution is 2.34. The molecule has 0 saturated heterocycles. The van der Waals surface area contributed by atoms with Gasteiger partial charge in [-0.15, -0.1) is 0 Å². The topological polar surface area (TPSA) is 94.0 Å². The van der Waals surface area contributed by atoms with E-state index in [4.69, 9.17) is 9.51 Å². The van der Waals surface area contributed by atoms with E-state index in [1.54, 1.807) is 24.5 Å². The van der Waals surface area contributed by atoms with Gasteiger partial charge in [0.25, 0.3) is 0 Å². The van der Waals surface area contributed by atoms with Crippen molar-refractivity contribution < 1.29 is 14.4 Å². The van der Waals surface area contributed by atoms with Gasteiger partial charge in [0.15, 0.2) is 0 Å². The fourth-order valence-electron chi connectivity index (χ4n) is 4.02. The Morgan fingerprint density at radius 3 is 2.47 bits per heavy atom. The van der Waals surface area contributed by atoms with E-state index in [9.17, 15) is 9.90 Å². The lowest BCUT2D eigenvalue weighted by Gasteiger charge is -2.07. The highest BCUT2D eigenvalue weighted by Gasteiger charge is 2.17. The fourth-order valence-corrected chi connectivity index (χ4v) is 4.02. The Morgan fingerprint density at radius 1 is 1.06 bits per heavy atom. The van der Waals surface area contributed by atoms with E-state index < -0.39 is 5.97 Å². The summed E-state index contributed by atoms with van der Waals surface area (Å²) in [7, 11) is 0. The van der Waals surface area contributed by atoms with Crippen LogP contribution < -0.4 is 0 Å². The molecule has 4 heterocycles. The number of benzene rings is 1. The number of nitrogens with zero attached hydrogens (tertiary/aromatic N) is 4. The second kappa shape index (κ2) is 7.77. The van der Waals surface area contributed by atoms with E-state index in [0.717, 1.165) is 50.3 Å². The molecular weight excluding hydrogens is 404 g/mol. The van der Waals surface area contributed by atoms with Gasteiger partial charge in [-0.1, -0.05) is 17.3 Å². The largest absolute Gasteiger partial charge is 0.478 e. The highest BCUT2D eigenvalue weighted by molar-refractivity contribution is 5.96. The standard InChI is InChI=1S/C25H20N4O3/c1-15-23(16(2)32-28-15)20-11-22-24(27-12-20)21(18-3-5-19(6-4-18)25(30)31)14-29(22)13-17-7-9-26-10-8-17/h3-12,14H,13H2,1-2H3,(H,30,31). The van der Waals surface area contributed by atoms with Crippen molar-refractivity contribution in [1.82, 2.24) is 19.7 Å². The minimum Gasteiger partial charge on any atom is -0.478 e. The van der Waals surface area contributed by atoms with Crippen molar-refractivity contribution in [2.24, 2.45) is 0 Å². The minimum atomic E-state index is -0.945. The molecule has 0 aliphatic carbocycles. The van der Waals surface area contributed by atoms with Gasteiger partial charge < -0.3 is 14.2 Å². The average Bonchev–Trinajstić information content (AvgIpc) is 3.33. The molecule has 5 aromatic rings. The molecule has 0 saturated carbocycles. The Labute approximate surface area is 184 Å². The van der Waals surface area contributed by atoms with Crippen LogP contribution in [0.2, 0.25) is 0 Å². The maximum absolute atomic E-state index is 11.2. The summed E-state index contributed by atoms with van der Waals surface area (Å²) in [5, 5.41) is 13.3. The van der Waals surface area contributed by atoms with Crippen molar-refractivity contribution in [1.29, 1.82) is 0 Å². The summed E-state index contributed by atoms with van der Waals surface area (Å²) in [5.74, 6) is -0.195. The van der Waals surface area contributed by atoms with Crippen molar-refractivity contribution in [3.05, 3.63) is 89.8 Å². The number of fused-ring (bicyclic) bond motifs is 1. The van der Waals surface area contributed by atoms with Gasteiger partial charge in [-0.05, 0) is 55.3 Å². The quantitative estimate of drug-likeness (QED) is 0.421. The molecule has 1 N–H and O–H groups in total. The molecule has 5 rings (SSSR count). The van der Waals surface area contributed by atoms with Gasteiger partial charge in [0.2, 0.25) is 0 Å². The van der Waals surface area contributed by atoms with Crippen LogP contribution in [0.25, 0.3) is 33.3 Å². The zero-order valence-corrected chi connectivity index (χ0v) is 17.6. The number of pyridine rings is 2. The second-order valence-electron chi connectivity index (χ2n) is 7.70. The van der Waals surface area contributed by atoms with Crippen LogP contribution in [0.1, 0.15) is 27.4 Å². The molecular formula is C25H20N4O3. The van der Waals surface area contributed by atoms with E-state index in [-0.39, 0.29) is 5.56 Å². The number of hydrogen-bond acceptors (Lipinski definition) is 5. The van der Waals surface area contributed by atoms with Crippen molar-refractivity contribution in [2.45, 2.75) is 20.4 Å². The van der Waals surface area contributed by atoms with Crippen LogP contribution in [0.5, 0.6) is 0 Å². The normalized spacial score (nSPS) is 11.2. The van der Waals surface area contributed by atoms with Gasteiger partial charge in [-0.2, -0.15) is 0 Å². The van der Waals surface area contributed by atoms with E-state index in [1.807, 2.05) is 44.3 Å². The number of aromatic carboxylic acids is 1. The molecule has 0 atom stereocenters. The number of carboxylic acid groups (broad SMARTS) is 1. The van der Waals surface area contributed by atoms with Gasteiger partial charge in [-0.3, -0.25) is 9.97 Å². The minimum absolute atomic E-state index is 0.253. The second-order valence-corrected chi connectivity index (χ2v) is 7.70. The first kappa shape index (κ1) is 19.7. The lowest BCUT2D eigenvalue weighted by Crippen LogP contribution is -1.98. The van der Waals surface area contributed by atoms with Gasteiger partial charge in [-0.25, -0.2) is 4.79 Å². The molecule has 32 heavy (non-hydrogen) atoms. The van der Waals surface area contributed by atoms with Crippen molar-refractivity contribution in [2.75, 3.05) is 0 Å². The van der Waals surface area contributed by atoms with E-state index >= 15 is 0 Å². The number of aromatic nitrogens is 4. The van der Waals surface area contributed by atoms with Gasteiger partial charge >= 0.3 is 5.97 Å². The van der Waals surface area contributed by atoms with Crippen LogP contribution in [0.15, 0.2) is 71.8 Å². The summed E-state index contributed by atoms with van der Waals surface area (Å²) in [6.07, 6.45) is 7.45. The molecule has 7 nitrogen and oxygen atoms in total. The van der Waals surface area contributed by atoms with Crippen molar-refractivity contribution in [3.8, 4) is 22.3 Å².